The fourth-order valence-corrected chi connectivity index (χ4v) is 2.55. The van der Waals surface area contributed by atoms with Crippen molar-refractivity contribution in [3.05, 3.63) is 23.8 Å². The molecule has 0 aliphatic carbocycles. The summed E-state index contributed by atoms with van der Waals surface area (Å²) in [7, 11) is 1.73. The first-order chi connectivity index (χ1) is 9.70. The van der Waals surface area contributed by atoms with Crippen LogP contribution >= 0.6 is 0 Å². The van der Waals surface area contributed by atoms with Crippen LogP contribution in [0.15, 0.2) is 18.2 Å². The maximum absolute atomic E-state index is 5.92. The molecule has 0 amide bonds. The standard InChI is InChI=1S/C16H26N2O2/c1-13(2)20-16-6-4-5-15(19-3)14(16)7-10-18-11-8-17-9-12-18/h4-6,13,17H,7-12H2,1-3H3. The van der Waals surface area contributed by atoms with Crippen LogP contribution in [0.3, 0.4) is 0 Å². The Bertz CT molecular complexity index is 415. The highest BCUT2D eigenvalue weighted by Crippen LogP contribution is 2.29. The number of benzene rings is 1. The maximum atomic E-state index is 5.92. The topological polar surface area (TPSA) is 33.7 Å². The molecule has 1 saturated heterocycles. The fourth-order valence-electron chi connectivity index (χ4n) is 2.55. The monoisotopic (exact) mass is 278 g/mol. The average molecular weight is 278 g/mol. The Labute approximate surface area is 122 Å². The quantitative estimate of drug-likeness (QED) is 0.862. The van der Waals surface area contributed by atoms with E-state index in [4.69, 9.17) is 9.47 Å². The number of piperazine rings is 1. The Morgan fingerprint density at radius 2 is 1.90 bits per heavy atom. The molecule has 0 unspecified atom stereocenters. The molecule has 0 aromatic heterocycles. The maximum Gasteiger partial charge on any atom is 0.126 e. The molecule has 0 atom stereocenters. The van der Waals surface area contributed by atoms with Gasteiger partial charge in [-0.1, -0.05) is 6.07 Å². The summed E-state index contributed by atoms with van der Waals surface area (Å²) in [5.74, 6) is 1.88. The van der Waals surface area contributed by atoms with E-state index in [1.807, 2.05) is 18.2 Å². The van der Waals surface area contributed by atoms with Crippen molar-refractivity contribution in [3.63, 3.8) is 0 Å². The minimum Gasteiger partial charge on any atom is -0.496 e. The Balaban J connectivity index is 2.06. The normalized spacial score (nSPS) is 16.4. The molecule has 0 saturated carbocycles. The van der Waals surface area contributed by atoms with Crippen LogP contribution in [0.2, 0.25) is 0 Å². The summed E-state index contributed by atoms with van der Waals surface area (Å²) in [6, 6.07) is 6.04. The summed E-state index contributed by atoms with van der Waals surface area (Å²) in [5.41, 5.74) is 1.18. The highest BCUT2D eigenvalue weighted by molar-refractivity contribution is 5.45. The lowest BCUT2D eigenvalue weighted by Gasteiger charge is -2.27. The van der Waals surface area contributed by atoms with E-state index in [1.54, 1.807) is 7.11 Å². The number of nitrogens with one attached hydrogen (secondary N) is 1. The Morgan fingerprint density at radius 1 is 1.20 bits per heavy atom. The van der Waals surface area contributed by atoms with E-state index in [1.165, 1.54) is 5.56 Å². The zero-order chi connectivity index (χ0) is 14.4. The van der Waals surface area contributed by atoms with Gasteiger partial charge in [0.2, 0.25) is 0 Å². The molecular formula is C16H26N2O2. The Hall–Kier alpha value is -1.26. The van der Waals surface area contributed by atoms with Crippen LogP contribution in [0.25, 0.3) is 0 Å². The molecule has 4 nitrogen and oxygen atoms in total. The largest absolute Gasteiger partial charge is 0.496 e. The molecule has 1 fully saturated rings. The Morgan fingerprint density at radius 3 is 2.55 bits per heavy atom. The third-order valence-electron chi connectivity index (χ3n) is 3.56. The minimum atomic E-state index is 0.181. The van der Waals surface area contributed by atoms with E-state index >= 15 is 0 Å². The van der Waals surface area contributed by atoms with E-state index in [2.05, 4.69) is 24.1 Å². The van der Waals surface area contributed by atoms with Gasteiger partial charge in [0.1, 0.15) is 11.5 Å². The summed E-state index contributed by atoms with van der Waals surface area (Å²) in [6.07, 6.45) is 1.14. The van der Waals surface area contributed by atoms with Crippen molar-refractivity contribution in [2.75, 3.05) is 39.8 Å². The molecule has 0 radical (unpaired) electrons. The van der Waals surface area contributed by atoms with Crippen molar-refractivity contribution in [1.29, 1.82) is 0 Å². The van der Waals surface area contributed by atoms with Crippen LogP contribution in [-0.4, -0.2) is 50.8 Å². The van der Waals surface area contributed by atoms with E-state index in [9.17, 15) is 0 Å². The molecule has 2 rings (SSSR count). The molecule has 20 heavy (non-hydrogen) atoms. The fraction of sp³-hybridized carbons (Fsp3) is 0.625. The molecule has 1 aromatic rings. The van der Waals surface area contributed by atoms with Gasteiger partial charge >= 0.3 is 0 Å². The van der Waals surface area contributed by atoms with Gasteiger partial charge in [-0.2, -0.15) is 0 Å². The van der Waals surface area contributed by atoms with Gasteiger partial charge in [0.25, 0.3) is 0 Å². The van der Waals surface area contributed by atoms with E-state index < -0.39 is 0 Å². The van der Waals surface area contributed by atoms with Gasteiger partial charge in [0.05, 0.1) is 13.2 Å². The zero-order valence-corrected chi connectivity index (χ0v) is 12.8. The van der Waals surface area contributed by atoms with Gasteiger partial charge in [-0.05, 0) is 32.4 Å². The van der Waals surface area contributed by atoms with Crippen molar-refractivity contribution in [2.24, 2.45) is 0 Å². The first kappa shape index (κ1) is 15.1. The molecule has 1 aromatic carbocycles. The summed E-state index contributed by atoms with van der Waals surface area (Å²) < 4.78 is 11.4. The highest BCUT2D eigenvalue weighted by Gasteiger charge is 2.15. The summed E-state index contributed by atoms with van der Waals surface area (Å²) >= 11 is 0. The lowest BCUT2D eigenvalue weighted by atomic mass is 10.1. The molecule has 1 aliphatic rings. The first-order valence-corrected chi connectivity index (χ1v) is 7.46. The van der Waals surface area contributed by atoms with E-state index in [-0.39, 0.29) is 6.10 Å². The van der Waals surface area contributed by atoms with Gasteiger partial charge in [-0.25, -0.2) is 0 Å². The molecule has 1 N–H and O–H groups in total. The minimum absolute atomic E-state index is 0.181. The number of hydrogen-bond acceptors (Lipinski definition) is 4. The highest BCUT2D eigenvalue weighted by atomic mass is 16.5. The molecule has 0 bridgehead atoms. The molecule has 112 valence electrons. The lowest BCUT2D eigenvalue weighted by Crippen LogP contribution is -2.44. The second-order valence-corrected chi connectivity index (χ2v) is 5.45. The average Bonchev–Trinajstić information content (AvgIpc) is 2.46. The van der Waals surface area contributed by atoms with Gasteiger partial charge in [-0.15, -0.1) is 0 Å². The number of ether oxygens (including phenoxy) is 2. The number of hydrogen-bond donors (Lipinski definition) is 1. The molecule has 4 heteroatoms. The van der Waals surface area contributed by atoms with Crippen LogP contribution in [0.4, 0.5) is 0 Å². The summed E-state index contributed by atoms with van der Waals surface area (Å²) in [6.45, 7) is 9.57. The lowest BCUT2D eigenvalue weighted by molar-refractivity contribution is 0.228. The predicted molar refractivity (Wildman–Crippen MR) is 81.8 cm³/mol. The van der Waals surface area contributed by atoms with Crippen LogP contribution in [-0.2, 0) is 6.42 Å². The number of rotatable bonds is 6. The van der Waals surface area contributed by atoms with Gasteiger partial charge in [0, 0.05) is 38.3 Å². The second-order valence-electron chi connectivity index (χ2n) is 5.45. The zero-order valence-electron chi connectivity index (χ0n) is 12.8. The van der Waals surface area contributed by atoms with Crippen molar-refractivity contribution in [2.45, 2.75) is 26.4 Å². The van der Waals surface area contributed by atoms with Crippen molar-refractivity contribution >= 4 is 0 Å². The molecule has 1 aliphatic heterocycles. The number of nitrogens with zero attached hydrogens (tertiary/aromatic N) is 1. The molecule has 1 heterocycles. The second kappa shape index (κ2) is 7.50. The third kappa shape index (κ3) is 4.12. The number of methoxy groups -OCH3 is 1. The van der Waals surface area contributed by atoms with Crippen molar-refractivity contribution in [1.82, 2.24) is 10.2 Å². The molecular weight excluding hydrogens is 252 g/mol. The third-order valence-corrected chi connectivity index (χ3v) is 3.56. The van der Waals surface area contributed by atoms with Crippen LogP contribution < -0.4 is 14.8 Å². The summed E-state index contributed by atoms with van der Waals surface area (Å²) in [5, 5.41) is 3.38. The van der Waals surface area contributed by atoms with E-state index in [0.717, 1.165) is 50.6 Å². The smallest absolute Gasteiger partial charge is 0.126 e. The van der Waals surface area contributed by atoms with Crippen molar-refractivity contribution in [3.8, 4) is 11.5 Å². The summed E-state index contributed by atoms with van der Waals surface area (Å²) in [4.78, 5) is 2.49. The first-order valence-electron chi connectivity index (χ1n) is 7.46. The van der Waals surface area contributed by atoms with Crippen LogP contribution in [0.1, 0.15) is 19.4 Å². The van der Waals surface area contributed by atoms with Gasteiger partial charge < -0.3 is 19.7 Å². The van der Waals surface area contributed by atoms with E-state index in [0.29, 0.717) is 0 Å². The SMILES string of the molecule is COc1cccc(OC(C)C)c1CCN1CCNCC1. The van der Waals surface area contributed by atoms with Gasteiger partial charge in [-0.3, -0.25) is 0 Å². The predicted octanol–water partition coefficient (Wildman–Crippen LogP) is 1.93. The van der Waals surface area contributed by atoms with Crippen LogP contribution in [0, 0.1) is 0 Å². The van der Waals surface area contributed by atoms with Gasteiger partial charge in [0.15, 0.2) is 0 Å². The van der Waals surface area contributed by atoms with Crippen molar-refractivity contribution < 1.29 is 9.47 Å². The molecule has 0 spiro atoms. The van der Waals surface area contributed by atoms with Crippen LogP contribution in [0.5, 0.6) is 11.5 Å². The Kier molecular flexibility index (Phi) is 5.68.